The van der Waals surface area contributed by atoms with E-state index in [-0.39, 0.29) is 0 Å². The monoisotopic (exact) mass is 271 g/mol. The van der Waals surface area contributed by atoms with Crippen LogP contribution in [0.2, 0.25) is 0 Å². The van der Waals surface area contributed by atoms with Gasteiger partial charge in [-0.3, -0.25) is 0 Å². The van der Waals surface area contributed by atoms with Gasteiger partial charge in [0.25, 0.3) is 0 Å². The van der Waals surface area contributed by atoms with Crippen molar-refractivity contribution in [3.05, 3.63) is 59.7 Å². The van der Waals surface area contributed by atoms with Crippen molar-refractivity contribution >= 4 is 5.69 Å². The molecule has 2 rings (SSSR count). The standard InChI is InChI=1S/C17H21NO2/c1-14-7-5-10-16(17(14)18)20-12-6-11-19-13-15-8-3-2-4-9-15/h2-5,7-10H,6,11-13,18H2,1H3. The lowest BCUT2D eigenvalue weighted by Crippen LogP contribution is -2.05. The molecule has 0 unspecified atom stereocenters. The van der Waals surface area contributed by atoms with Crippen LogP contribution in [0.4, 0.5) is 5.69 Å². The first-order valence-corrected chi connectivity index (χ1v) is 6.87. The summed E-state index contributed by atoms with van der Waals surface area (Å²) in [5.74, 6) is 0.757. The van der Waals surface area contributed by atoms with Gasteiger partial charge in [0, 0.05) is 6.42 Å². The molecule has 0 aliphatic heterocycles. The average Bonchev–Trinajstić information content (AvgIpc) is 2.48. The van der Waals surface area contributed by atoms with E-state index in [1.807, 2.05) is 43.3 Å². The zero-order chi connectivity index (χ0) is 14.2. The molecule has 0 fully saturated rings. The predicted molar refractivity (Wildman–Crippen MR) is 81.8 cm³/mol. The zero-order valence-electron chi connectivity index (χ0n) is 11.8. The molecule has 3 heteroatoms. The average molecular weight is 271 g/mol. The minimum absolute atomic E-state index is 0.614. The van der Waals surface area contributed by atoms with Gasteiger partial charge in [0.2, 0.25) is 0 Å². The topological polar surface area (TPSA) is 44.5 Å². The Morgan fingerprint density at radius 1 is 0.950 bits per heavy atom. The molecule has 0 amide bonds. The largest absolute Gasteiger partial charge is 0.491 e. The Balaban J connectivity index is 1.63. The lowest BCUT2D eigenvalue weighted by Gasteiger charge is -2.10. The van der Waals surface area contributed by atoms with Gasteiger partial charge in [-0.2, -0.15) is 0 Å². The quantitative estimate of drug-likeness (QED) is 0.618. The highest BCUT2D eigenvalue weighted by Crippen LogP contribution is 2.24. The number of rotatable bonds is 7. The van der Waals surface area contributed by atoms with Crippen LogP contribution in [0.25, 0.3) is 0 Å². The van der Waals surface area contributed by atoms with Crippen molar-refractivity contribution in [2.24, 2.45) is 0 Å². The molecule has 106 valence electrons. The van der Waals surface area contributed by atoms with E-state index in [1.54, 1.807) is 0 Å². The summed E-state index contributed by atoms with van der Waals surface area (Å²) in [6, 6.07) is 16.0. The molecular formula is C17H21NO2. The molecule has 0 aliphatic rings. The van der Waals surface area contributed by atoms with E-state index in [1.165, 1.54) is 5.56 Å². The Labute approximate surface area is 120 Å². The van der Waals surface area contributed by atoms with Gasteiger partial charge in [0.1, 0.15) is 5.75 Å². The fraction of sp³-hybridized carbons (Fsp3) is 0.294. The molecule has 0 saturated carbocycles. The molecule has 0 aliphatic carbocycles. The number of benzene rings is 2. The van der Waals surface area contributed by atoms with E-state index in [0.717, 1.165) is 23.4 Å². The highest BCUT2D eigenvalue weighted by Gasteiger charge is 2.02. The van der Waals surface area contributed by atoms with Crippen LogP contribution in [0.5, 0.6) is 5.75 Å². The third-order valence-electron chi connectivity index (χ3n) is 3.09. The van der Waals surface area contributed by atoms with E-state index >= 15 is 0 Å². The number of nitrogen functional groups attached to an aromatic ring is 1. The van der Waals surface area contributed by atoms with Gasteiger partial charge in [-0.15, -0.1) is 0 Å². The van der Waals surface area contributed by atoms with E-state index < -0.39 is 0 Å². The maximum absolute atomic E-state index is 5.94. The lowest BCUT2D eigenvalue weighted by atomic mass is 10.2. The second-order valence-electron chi connectivity index (χ2n) is 4.73. The van der Waals surface area contributed by atoms with Crippen molar-refractivity contribution in [1.82, 2.24) is 0 Å². The second kappa shape index (κ2) is 7.56. The summed E-state index contributed by atoms with van der Waals surface area (Å²) in [4.78, 5) is 0. The van der Waals surface area contributed by atoms with Crippen molar-refractivity contribution in [1.29, 1.82) is 0 Å². The zero-order valence-corrected chi connectivity index (χ0v) is 11.8. The van der Waals surface area contributed by atoms with Crippen LogP contribution in [0.1, 0.15) is 17.5 Å². The third kappa shape index (κ3) is 4.28. The van der Waals surface area contributed by atoms with Crippen molar-refractivity contribution in [3.63, 3.8) is 0 Å². The third-order valence-corrected chi connectivity index (χ3v) is 3.09. The number of anilines is 1. The number of hydrogen-bond donors (Lipinski definition) is 1. The Hall–Kier alpha value is -2.00. The van der Waals surface area contributed by atoms with Gasteiger partial charge in [-0.25, -0.2) is 0 Å². The van der Waals surface area contributed by atoms with E-state index in [9.17, 15) is 0 Å². The summed E-state index contributed by atoms with van der Waals surface area (Å²) < 4.78 is 11.3. The van der Waals surface area contributed by atoms with E-state index in [4.69, 9.17) is 15.2 Å². The van der Waals surface area contributed by atoms with Crippen LogP contribution in [-0.2, 0) is 11.3 Å². The van der Waals surface area contributed by atoms with Gasteiger partial charge in [-0.1, -0.05) is 42.5 Å². The molecular weight excluding hydrogens is 250 g/mol. The minimum atomic E-state index is 0.614. The number of aryl methyl sites for hydroxylation is 1. The molecule has 2 aromatic carbocycles. The molecule has 3 nitrogen and oxygen atoms in total. The molecule has 0 bridgehead atoms. The maximum Gasteiger partial charge on any atom is 0.142 e. The molecule has 0 spiro atoms. The molecule has 20 heavy (non-hydrogen) atoms. The highest BCUT2D eigenvalue weighted by atomic mass is 16.5. The van der Waals surface area contributed by atoms with Crippen LogP contribution < -0.4 is 10.5 Å². The SMILES string of the molecule is Cc1cccc(OCCCOCc2ccccc2)c1N. The van der Waals surface area contributed by atoms with E-state index in [0.29, 0.717) is 19.8 Å². The first-order valence-electron chi connectivity index (χ1n) is 6.87. The summed E-state index contributed by atoms with van der Waals surface area (Å²) in [7, 11) is 0. The summed E-state index contributed by atoms with van der Waals surface area (Å²) in [5.41, 5.74) is 8.90. The van der Waals surface area contributed by atoms with Crippen LogP contribution >= 0.6 is 0 Å². The van der Waals surface area contributed by atoms with Gasteiger partial charge in [-0.05, 0) is 24.1 Å². The normalized spacial score (nSPS) is 10.4. The minimum Gasteiger partial charge on any atom is -0.491 e. The van der Waals surface area contributed by atoms with Crippen LogP contribution in [0, 0.1) is 6.92 Å². The van der Waals surface area contributed by atoms with Gasteiger partial charge < -0.3 is 15.2 Å². The fourth-order valence-electron chi connectivity index (χ4n) is 1.89. The molecule has 0 heterocycles. The Morgan fingerprint density at radius 3 is 2.55 bits per heavy atom. The summed E-state index contributed by atoms with van der Waals surface area (Å²) >= 11 is 0. The summed E-state index contributed by atoms with van der Waals surface area (Å²) in [5, 5.41) is 0. The molecule has 0 atom stereocenters. The highest BCUT2D eigenvalue weighted by molar-refractivity contribution is 5.57. The first kappa shape index (κ1) is 14.4. The number of hydrogen-bond acceptors (Lipinski definition) is 3. The fourth-order valence-corrected chi connectivity index (χ4v) is 1.89. The smallest absolute Gasteiger partial charge is 0.142 e. The number of para-hydroxylation sites is 1. The molecule has 0 aromatic heterocycles. The molecule has 2 aromatic rings. The van der Waals surface area contributed by atoms with Crippen LogP contribution in [0.3, 0.4) is 0 Å². The number of nitrogens with two attached hydrogens (primary N) is 1. The van der Waals surface area contributed by atoms with Gasteiger partial charge in [0.15, 0.2) is 0 Å². The first-order chi connectivity index (χ1) is 9.77. The van der Waals surface area contributed by atoms with Crippen molar-refractivity contribution in [3.8, 4) is 5.75 Å². The van der Waals surface area contributed by atoms with Gasteiger partial charge >= 0.3 is 0 Å². The maximum atomic E-state index is 5.94. The Kier molecular flexibility index (Phi) is 5.44. The molecule has 2 N–H and O–H groups in total. The Morgan fingerprint density at radius 2 is 1.75 bits per heavy atom. The number of ether oxygens (including phenoxy) is 2. The van der Waals surface area contributed by atoms with E-state index in [2.05, 4.69) is 12.1 Å². The molecule has 0 radical (unpaired) electrons. The second-order valence-corrected chi connectivity index (χ2v) is 4.73. The van der Waals surface area contributed by atoms with Gasteiger partial charge in [0.05, 0.1) is 25.5 Å². The molecule has 0 saturated heterocycles. The predicted octanol–water partition coefficient (Wildman–Crippen LogP) is 3.56. The summed E-state index contributed by atoms with van der Waals surface area (Å²) in [6.45, 7) is 3.92. The van der Waals surface area contributed by atoms with Crippen molar-refractivity contribution < 1.29 is 9.47 Å². The van der Waals surface area contributed by atoms with Crippen molar-refractivity contribution in [2.75, 3.05) is 18.9 Å². The Bertz CT molecular complexity index is 526. The van der Waals surface area contributed by atoms with Crippen LogP contribution in [0.15, 0.2) is 48.5 Å². The lowest BCUT2D eigenvalue weighted by molar-refractivity contribution is 0.107. The van der Waals surface area contributed by atoms with Crippen LogP contribution in [-0.4, -0.2) is 13.2 Å². The summed E-state index contributed by atoms with van der Waals surface area (Å²) in [6.07, 6.45) is 0.847. The van der Waals surface area contributed by atoms with Crippen molar-refractivity contribution in [2.45, 2.75) is 20.0 Å².